The molecule has 0 bridgehead atoms. The molecular formula is C19H17NO4. The van der Waals surface area contributed by atoms with Crippen LogP contribution >= 0.6 is 0 Å². The van der Waals surface area contributed by atoms with Gasteiger partial charge in [0, 0.05) is 22.4 Å². The Kier molecular flexibility index (Phi) is 4.08. The Hall–Kier alpha value is -3.08. The van der Waals surface area contributed by atoms with Gasteiger partial charge in [0.05, 0.1) is 12.7 Å². The number of hydrogen-bond acceptors (Lipinski definition) is 3. The van der Waals surface area contributed by atoms with Crippen LogP contribution in [0, 0.1) is 0 Å². The van der Waals surface area contributed by atoms with Crippen LogP contribution in [0.25, 0.3) is 11.6 Å². The van der Waals surface area contributed by atoms with Gasteiger partial charge in [0.1, 0.15) is 5.75 Å². The average Bonchev–Trinajstić information content (AvgIpc) is 2.89. The summed E-state index contributed by atoms with van der Waals surface area (Å²) in [5.74, 6) is -0.617. The number of aromatic carboxylic acids is 1. The van der Waals surface area contributed by atoms with Crippen LogP contribution in [0.3, 0.4) is 0 Å². The summed E-state index contributed by atoms with van der Waals surface area (Å²) < 4.78 is 5.37. The number of methoxy groups -OCH3 is 1. The fraction of sp³-hybridized carbons (Fsp3) is 0.158. The van der Waals surface area contributed by atoms with Gasteiger partial charge in [-0.15, -0.1) is 0 Å². The number of carboxylic acid groups (broad SMARTS) is 1. The van der Waals surface area contributed by atoms with Crippen molar-refractivity contribution in [3.63, 3.8) is 0 Å². The smallest absolute Gasteiger partial charge is 0.335 e. The number of benzene rings is 2. The molecular weight excluding hydrogens is 306 g/mol. The lowest BCUT2D eigenvalue weighted by Gasteiger charge is -2.08. The first-order valence-electron chi connectivity index (χ1n) is 7.61. The lowest BCUT2D eigenvalue weighted by atomic mass is 10.00. The van der Waals surface area contributed by atoms with Crippen LogP contribution in [0.2, 0.25) is 0 Å². The highest BCUT2D eigenvalue weighted by Crippen LogP contribution is 2.35. The van der Waals surface area contributed by atoms with E-state index in [9.17, 15) is 9.59 Å². The van der Waals surface area contributed by atoms with Crippen LogP contribution in [0.4, 0.5) is 5.69 Å². The first-order chi connectivity index (χ1) is 11.5. The number of amides is 1. The molecule has 5 nitrogen and oxygen atoms in total. The second-order valence-corrected chi connectivity index (χ2v) is 5.51. The molecule has 0 saturated heterocycles. The molecule has 1 heterocycles. The van der Waals surface area contributed by atoms with Crippen molar-refractivity contribution in [2.75, 3.05) is 12.4 Å². The van der Waals surface area contributed by atoms with E-state index in [0.717, 1.165) is 17.5 Å². The Morgan fingerprint density at radius 3 is 2.71 bits per heavy atom. The Morgan fingerprint density at radius 2 is 2.04 bits per heavy atom. The van der Waals surface area contributed by atoms with Gasteiger partial charge in [0.2, 0.25) is 0 Å². The van der Waals surface area contributed by atoms with Gasteiger partial charge in [-0.2, -0.15) is 0 Å². The number of rotatable bonds is 4. The van der Waals surface area contributed by atoms with Crippen molar-refractivity contribution in [3.05, 3.63) is 58.7 Å². The zero-order valence-corrected chi connectivity index (χ0v) is 13.4. The van der Waals surface area contributed by atoms with E-state index in [1.54, 1.807) is 19.3 Å². The summed E-state index contributed by atoms with van der Waals surface area (Å²) >= 11 is 0. The lowest BCUT2D eigenvalue weighted by molar-refractivity contribution is -0.110. The van der Waals surface area contributed by atoms with E-state index in [-0.39, 0.29) is 11.5 Å². The molecule has 1 aliphatic heterocycles. The molecule has 2 aromatic rings. The average molecular weight is 323 g/mol. The quantitative estimate of drug-likeness (QED) is 0.845. The van der Waals surface area contributed by atoms with Crippen molar-refractivity contribution in [2.24, 2.45) is 0 Å². The predicted octanol–water partition coefficient (Wildman–Crippen LogP) is 3.45. The topological polar surface area (TPSA) is 75.6 Å². The van der Waals surface area contributed by atoms with Gasteiger partial charge in [-0.05, 0) is 48.4 Å². The third-order valence-electron chi connectivity index (χ3n) is 4.05. The van der Waals surface area contributed by atoms with Crippen molar-refractivity contribution in [1.82, 2.24) is 0 Å². The highest BCUT2D eigenvalue weighted by molar-refractivity contribution is 6.35. The molecule has 122 valence electrons. The van der Waals surface area contributed by atoms with Crippen molar-refractivity contribution in [2.45, 2.75) is 13.3 Å². The number of hydrogen-bond donors (Lipinski definition) is 2. The van der Waals surface area contributed by atoms with Gasteiger partial charge in [-0.3, -0.25) is 4.79 Å². The normalized spacial score (nSPS) is 14.4. The van der Waals surface area contributed by atoms with Crippen LogP contribution in [0.1, 0.15) is 34.0 Å². The van der Waals surface area contributed by atoms with Crippen LogP contribution in [-0.4, -0.2) is 24.1 Å². The second-order valence-electron chi connectivity index (χ2n) is 5.51. The second kappa shape index (κ2) is 6.20. The minimum Gasteiger partial charge on any atom is -0.496 e. The molecule has 2 N–H and O–H groups in total. The number of ether oxygens (including phenoxy) is 1. The molecule has 5 heteroatoms. The third kappa shape index (κ3) is 2.76. The molecule has 0 radical (unpaired) electrons. The summed E-state index contributed by atoms with van der Waals surface area (Å²) in [4.78, 5) is 23.5. The minimum atomic E-state index is -1.03. The largest absolute Gasteiger partial charge is 0.496 e. The molecule has 0 spiro atoms. The maximum Gasteiger partial charge on any atom is 0.335 e. The zero-order chi connectivity index (χ0) is 17.3. The molecule has 0 saturated carbocycles. The number of nitrogens with one attached hydrogen (secondary N) is 1. The van der Waals surface area contributed by atoms with E-state index in [0.29, 0.717) is 22.6 Å². The third-order valence-corrected chi connectivity index (χ3v) is 4.05. The van der Waals surface area contributed by atoms with Gasteiger partial charge in [0.25, 0.3) is 5.91 Å². The SMILES string of the molecule is CCc1ccc(OC)c(/C=C2/C(=O)Nc3ccc(C(=O)O)cc32)c1. The van der Waals surface area contributed by atoms with Gasteiger partial charge in [-0.1, -0.05) is 13.0 Å². The van der Waals surface area contributed by atoms with Crippen LogP contribution < -0.4 is 10.1 Å². The van der Waals surface area contributed by atoms with Crippen LogP contribution in [-0.2, 0) is 11.2 Å². The summed E-state index contributed by atoms with van der Waals surface area (Å²) in [6, 6.07) is 10.4. The molecule has 1 aliphatic rings. The zero-order valence-electron chi connectivity index (χ0n) is 13.4. The molecule has 2 aromatic carbocycles. The molecule has 1 amide bonds. The first-order valence-corrected chi connectivity index (χ1v) is 7.61. The number of aryl methyl sites for hydroxylation is 1. The Labute approximate surface area is 139 Å². The molecule has 24 heavy (non-hydrogen) atoms. The first kappa shape index (κ1) is 15.8. The fourth-order valence-corrected chi connectivity index (χ4v) is 2.74. The number of carboxylic acids is 1. The van der Waals surface area contributed by atoms with Gasteiger partial charge >= 0.3 is 5.97 Å². The monoisotopic (exact) mass is 323 g/mol. The van der Waals surface area contributed by atoms with E-state index in [1.165, 1.54) is 12.1 Å². The number of anilines is 1. The summed E-state index contributed by atoms with van der Waals surface area (Å²) in [7, 11) is 1.58. The summed E-state index contributed by atoms with van der Waals surface area (Å²) in [6.45, 7) is 2.05. The van der Waals surface area contributed by atoms with E-state index >= 15 is 0 Å². The standard InChI is InChI=1S/C19H17NO4/c1-3-11-4-7-17(24-2)13(8-11)10-15-14-9-12(19(22)23)5-6-16(14)20-18(15)21/h4-10H,3H2,1-2H3,(H,20,21)(H,22,23)/b15-10+. The number of carbonyl (C=O) groups excluding carboxylic acids is 1. The minimum absolute atomic E-state index is 0.144. The predicted molar refractivity (Wildman–Crippen MR) is 92.3 cm³/mol. The van der Waals surface area contributed by atoms with Gasteiger partial charge in [-0.25, -0.2) is 4.79 Å². The van der Waals surface area contributed by atoms with E-state index in [4.69, 9.17) is 9.84 Å². The fourth-order valence-electron chi connectivity index (χ4n) is 2.74. The van der Waals surface area contributed by atoms with Crippen molar-refractivity contribution >= 4 is 29.2 Å². The summed E-state index contributed by atoms with van der Waals surface area (Å²) in [6.07, 6.45) is 2.61. The Balaban J connectivity index is 2.14. The Bertz CT molecular complexity index is 868. The highest BCUT2D eigenvalue weighted by atomic mass is 16.5. The summed E-state index contributed by atoms with van der Waals surface area (Å²) in [5, 5.41) is 11.9. The maximum absolute atomic E-state index is 12.3. The molecule has 3 rings (SSSR count). The molecule has 0 aliphatic carbocycles. The van der Waals surface area contributed by atoms with Crippen LogP contribution in [0.15, 0.2) is 36.4 Å². The van der Waals surface area contributed by atoms with E-state index in [2.05, 4.69) is 12.2 Å². The number of carbonyl (C=O) groups is 2. The van der Waals surface area contributed by atoms with Gasteiger partial charge < -0.3 is 15.2 Å². The molecule has 0 unspecified atom stereocenters. The molecule has 0 fully saturated rings. The van der Waals surface area contributed by atoms with E-state index in [1.807, 2.05) is 18.2 Å². The number of fused-ring (bicyclic) bond motifs is 1. The molecule has 0 atom stereocenters. The lowest BCUT2D eigenvalue weighted by Crippen LogP contribution is -2.03. The van der Waals surface area contributed by atoms with E-state index < -0.39 is 5.97 Å². The van der Waals surface area contributed by atoms with Crippen molar-refractivity contribution in [1.29, 1.82) is 0 Å². The van der Waals surface area contributed by atoms with Crippen LogP contribution in [0.5, 0.6) is 5.75 Å². The van der Waals surface area contributed by atoms with Crippen molar-refractivity contribution < 1.29 is 19.4 Å². The van der Waals surface area contributed by atoms with Gasteiger partial charge in [0.15, 0.2) is 0 Å². The molecule has 0 aromatic heterocycles. The maximum atomic E-state index is 12.3. The Morgan fingerprint density at radius 1 is 1.25 bits per heavy atom. The highest BCUT2D eigenvalue weighted by Gasteiger charge is 2.25. The van der Waals surface area contributed by atoms with Crippen molar-refractivity contribution in [3.8, 4) is 5.75 Å². The summed E-state index contributed by atoms with van der Waals surface area (Å²) in [5.41, 5.74) is 3.69.